The summed E-state index contributed by atoms with van der Waals surface area (Å²) in [7, 11) is 0. The molecule has 2 fully saturated rings. The molecule has 0 spiro atoms. The fourth-order valence-electron chi connectivity index (χ4n) is 5.24. The molecule has 1 aromatic carbocycles. The molecular formula is C23H23N9O4. The molecule has 13 nitrogen and oxygen atoms in total. The van der Waals surface area contributed by atoms with Crippen LogP contribution in [0.2, 0.25) is 0 Å². The van der Waals surface area contributed by atoms with E-state index in [-0.39, 0.29) is 41.9 Å². The zero-order chi connectivity index (χ0) is 24.8. The van der Waals surface area contributed by atoms with E-state index >= 15 is 0 Å². The van der Waals surface area contributed by atoms with Crippen LogP contribution in [0, 0.1) is 0 Å². The van der Waals surface area contributed by atoms with E-state index in [4.69, 9.17) is 0 Å². The Bertz CT molecular complexity index is 1370. The molecule has 1 saturated heterocycles. The number of rotatable bonds is 5. The summed E-state index contributed by atoms with van der Waals surface area (Å²) >= 11 is 0. The quantitative estimate of drug-likeness (QED) is 0.479. The smallest absolute Gasteiger partial charge is 0.273 e. The second-order valence-corrected chi connectivity index (χ2v) is 9.25. The lowest BCUT2D eigenvalue weighted by molar-refractivity contribution is -0.136. The van der Waals surface area contributed by atoms with Crippen LogP contribution in [0.5, 0.6) is 0 Å². The minimum atomic E-state index is -0.676. The first-order valence-electron chi connectivity index (χ1n) is 11.8. The van der Waals surface area contributed by atoms with Crippen LogP contribution >= 0.6 is 0 Å². The van der Waals surface area contributed by atoms with Crippen LogP contribution in [-0.4, -0.2) is 70.6 Å². The topological polar surface area (TPSA) is 157 Å². The molecule has 4 heterocycles. The predicted molar refractivity (Wildman–Crippen MR) is 122 cm³/mol. The minimum absolute atomic E-state index is 0.0431. The van der Waals surface area contributed by atoms with Gasteiger partial charge in [0.1, 0.15) is 6.04 Å². The van der Waals surface area contributed by atoms with Crippen molar-refractivity contribution < 1.29 is 19.2 Å². The fourth-order valence-corrected chi connectivity index (χ4v) is 5.24. The Balaban J connectivity index is 1.16. The summed E-state index contributed by atoms with van der Waals surface area (Å²) in [5.41, 5.74) is 1.98. The molecule has 0 radical (unpaired) electrons. The third kappa shape index (κ3) is 3.82. The summed E-state index contributed by atoms with van der Waals surface area (Å²) < 4.78 is 3.22. The van der Waals surface area contributed by atoms with E-state index in [9.17, 15) is 19.2 Å². The van der Waals surface area contributed by atoms with Crippen LogP contribution in [0.25, 0.3) is 5.69 Å². The third-order valence-electron chi connectivity index (χ3n) is 7.08. The normalized spacial score (nSPS) is 23.6. The van der Waals surface area contributed by atoms with Crippen molar-refractivity contribution in [2.75, 3.05) is 0 Å². The standard InChI is InChI=1S/C23H23N9O4/c33-20-7-6-19(22(35)26-20)30-11-13-4-5-14(10-15(13)23(30)36)32-12-17(27-29-32)21(34)25-16-2-1-3-18(16)31-9-8-24-28-31/h4-5,8-10,12,16,18-19H,1-3,6-7,11H2,(H,25,34)(H,26,33,35)/t16-,18+,19?/m1/s1. The number of imide groups is 1. The molecule has 184 valence electrons. The Morgan fingerprint density at radius 3 is 2.81 bits per heavy atom. The molecule has 3 atom stereocenters. The molecule has 36 heavy (non-hydrogen) atoms. The maximum absolute atomic E-state index is 13.1. The van der Waals surface area contributed by atoms with Crippen molar-refractivity contribution in [2.45, 2.75) is 56.8 Å². The van der Waals surface area contributed by atoms with Crippen molar-refractivity contribution >= 4 is 23.6 Å². The lowest BCUT2D eigenvalue weighted by Crippen LogP contribution is -2.52. The van der Waals surface area contributed by atoms with E-state index < -0.39 is 11.9 Å². The number of carbonyl (C=O) groups excluding carboxylic acids is 4. The Labute approximate surface area is 204 Å². The van der Waals surface area contributed by atoms with Gasteiger partial charge in [-0.25, -0.2) is 9.36 Å². The summed E-state index contributed by atoms with van der Waals surface area (Å²) in [5, 5.41) is 21.4. The molecule has 0 bridgehead atoms. The van der Waals surface area contributed by atoms with Crippen molar-refractivity contribution in [3.05, 3.63) is 53.6 Å². The number of nitrogens with one attached hydrogen (secondary N) is 2. The van der Waals surface area contributed by atoms with Gasteiger partial charge in [-0.15, -0.1) is 10.2 Å². The summed E-state index contributed by atoms with van der Waals surface area (Å²) in [6, 6.07) is 4.55. The average Bonchev–Trinajstić information content (AvgIpc) is 3.66. The molecule has 4 amide bonds. The zero-order valence-corrected chi connectivity index (χ0v) is 19.2. The van der Waals surface area contributed by atoms with Gasteiger partial charge in [0, 0.05) is 24.7 Å². The van der Waals surface area contributed by atoms with E-state index in [1.54, 1.807) is 35.3 Å². The Hall–Kier alpha value is -4.42. The number of aromatic nitrogens is 6. The van der Waals surface area contributed by atoms with Crippen molar-refractivity contribution in [3.63, 3.8) is 0 Å². The van der Waals surface area contributed by atoms with Crippen molar-refractivity contribution in [1.82, 2.24) is 45.5 Å². The van der Waals surface area contributed by atoms with E-state index in [1.165, 1.54) is 15.8 Å². The molecule has 1 unspecified atom stereocenters. The summed E-state index contributed by atoms with van der Waals surface area (Å²) in [6.45, 7) is 0.292. The summed E-state index contributed by atoms with van der Waals surface area (Å²) in [4.78, 5) is 51.2. The predicted octanol–water partition coefficient (Wildman–Crippen LogP) is 0.143. The van der Waals surface area contributed by atoms with Gasteiger partial charge in [-0.05, 0) is 43.4 Å². The maximum atomic E-state index is 13.1. The summed E-state index contributed by atoms with van der Waals surface area (Å²) in [6.07, 6.45) is 8.15. The largest absolute Gasteiger partial charge is 0.346 e. The molecule has 2 aromatic heterocycles. The van der Waals surface area contributed by atoms with Gasteiger partial charge in [-0.1, -0.05) is 16.5 Å². The first-order chi connectivity index (χ1) is 17.5. The first-order valence-corrected chi connectivity index (χ1v) is 11.8. The number of benzene rings is 1. The second-order valence-electron chi connectivity index (χ2n) is 9.25. The van der Waals surface area contributed by atoms with Gasteiger partial charge in [0.2, 0.25) is 11.8 Å². The van der Waals surface area contributed by atoms with Crippen molar-refractivity contribution in [3.8, 4) is 5.69 Å². The van der Waals surface area contributed by atoms with Crippen LogP contribution in [-0.2, 0) is 16.1 Å². The Morgan fingerprint density at radius 2 is 2.00 bits per heavy atom. The SMILES string of the molecule is O=C1CCC(N2Cc3ccc(-n4cc(C(=O)N[C@@H]5CCC[C@@H]5n5ccnn5)nn4)cc3C2=O)C(=O)N1. The number of hydrogen-bond donors (Lipinski definition) is 2. The number of fused-ring (bicyclic) bond motifs is 1. The second kappa shape index (κ2) is 8.66. The van der Waals surface area contributed by atoms with E-state index in [0.717, 1.165) is 24.8 Å². The molecule has 3 aromatic rings. The number of hydrogen-bond acceptors (Lipinski definition) is 8. The molecule has 2 aliphatic heterocycles. The number of carbonyl (C=O) groups is 4. The molecule has 1 aliphatic carbocycles. The van der Waals surface area contributed by atoms with E-state index in [2.05, 4.69) is 31.3 Å². The number of piperidine rings is 1. The van der Waals surface area contributed by atoms with Gasteiger partial charge < -0.3 is 10.2 Å². The van der Waals surface area contributed by atoms with Gasteiger partial charge in [-0.3, -0.25) is 24.5 Å². The fraction of sp³-hybridized carbons (Fsp3) is 0.391. The van der Waals surface area contributed by atoms with Crippen molar-refractivity contribution in [1.29, 1.82) is 0 Å². The lowest BCUT2D eigenvalue weighted by Gasteiger charge is -2.29. The van der Waals surface area contributed by atoms with Crippen LogP contribution in [0.4, 0.5) is 0 Å². The molecule has 2 N–H and O–H groups in total. The molecule has 3 aliphatic rings. The zero-order valence-electron chi connectivity index (χ0n) is 19.2. The first kappa shape index (κ1) is 22.1. The van der Waals surface area contributed by atoms with Crippen molar-refractivity contribution in [2.24, 2.45) is 0 Å². The molecule has 1 saturated carbocycles. The van der Waals surface area contributed by atoms with Gasteiger partial charge >= 0.3 is 0 Å². The van der Waals surface area contributed by atoms with Gasteiger partial charge in [0.15, 0.2) is 5.69 Å². The highest BCUT2D eigenvalue weighted by atomic mass is 16.2. The molecule has 6 rings (SSSR count). The molecule has 13 heteroatoms. The highest BCUT2D eigenvalue weighted by Gasteiger charge is 2.39. The summed E-state index contributed by atoms with van der Waals surface area (Å²) in [5.74, 6) is -1.39. The monoisotopic (exact) mass is 489 g/mol. The molecular weight excluding hydrogens is 466 g/mol. The van der Waals surface area contributed by atoms with Gasteiger partial charge in [0.05, 0.1) is 30.2 Å². The van der Waals surface area contributed by atoms with Gasteiger partial charge in [0.25, 0.3) is 11.8 Å². The van der Waals surface area contributed by atoms with E-state index in [0.29, 0.717) is 24.2 Å². The van der Waals surface area contributed by atoms with E-state index in [1.807, 2.05) is 0 Å². The highest BCUT2D eigenvalue weighted by molar-refractivity contribution is 6.05. The average molecular weight is 489 g/mol. The number of nitrogens with zero attached hydrogens (tertiary/aromatic N) is 7. The number of amides is 4. The Kier molecular flexibility index (Phi) is 5.31. The third-order valence-corrected chi connectivity index (χ3v) is 7.08. The lowest BCUT2D eigenvalue weighted by atomic mass is 10.0. The highest BCUT2D eigenvalue weighted by Crippen LogP contribution is 2.30. The van der Waals surface area contributed by atoms with Gasteiger partial charge in [-0.2, -0.15) is 0 Å². The van der Waals surface area contributed by atoms with Crippen LogP contribution in [0.15, 0.2) is 36.8 Å². The minimum Gasteiger partial charge on any atom is -0.346 e. The van der Waals surface area contributed by atoms with Crippen LogP contribution in [0.3, 0.4) is 0 Å². The maximum Gasteiger partial charge on any atom is 0.273 e. The Morgan fingerprint density at radius 1 is 1.11 bits per heavy atom. The van der Waals surface area contributed by atoms with Crippen LogP contribution < -0.4 is 10.6 Å². The van der Waals surface area contributed by atoms with Crippen LogP contribution in [0.1, 0.15) is 64.6 Å².